The predicted octanol–water partition coefficient (Wildman–Crippen LogP) is 3.41. The van der Waals surface area contributed by atoms with Gasteiger partial charge in [-0.25, -0.2) is 4.79 Å². The number of benzene rings is 1. The fourth-order valence-electron chi connectivity index (χ4n) is 2.81. The zero-order valence-electron chi connectivity index (χ0n) is 14.6. The molecule has 23 heavy (non-hydrogen) atoms. The van der Waals surface area contributed by atoms with Crippen LogP contribution in [-0.4, -0.2) is 28.9 Å². The molecule has 0 aliphatic heterocycles. The molecule has 2 rings (SSSR count). The zero-order chi connectivity index (χ0) is 17.2. The maximum atomic E-state index is 11.7. The molecule has 3 N–H and O–H groups in total. The number of carbonyl (C=O) groups excluding carboxylic acids is 1. The van der Waals surface area contributed by atoms with Gasteiger partial charge in [0.15, 0.2) is 0 Å². The third-order valence-electron chi connectivity index (χ3n) is 4.00. The van der Waals surface area contributed by atoms with Crippen molar-refractivity contribution in [1.29, 1.82) is 0 Å². The zero-order valence-corrected chi connectivity index (χ0v) is 14.6. The summed E-state index contributed by atoms with van der Waals surface area (Å²) >= 11 is 0. The number of hydrogen-bond acceptors (Lipinski definition) is 4. The fourth-order valence-corrected chi connectivity index (χ4v) is 2.81. The van der Waals surface area contributed by atoms with E-state index in [-0.39, 0.29) is 18.2 Å². The van der Waals surface area contributed by atoms with E-state index >= 15 is 0 Å². The van der Waals surface area contributed by atoms with Crippen molar-refractivity contribution in [3.63, 3.8) is 0 Å². The van der Waals surface area contributed by atoms with Crippen molar-refractivity contribution in [3.8, 4) is 5.75 Å². The van der Waals surface area contributed by atoms with Gasteiger partial charge in [-0.2, -0.15) is 0 Å². The van der Waals surface area contributed by atoms with Crippen LogP contribution in [0.3, 0.4) is 0 Å². The topological polar surface area (TPSA) is 70.6 Å². The largest absolute Gasteiger partial charge is 0.508 e. The normalized spacial score (nSPS) is 22.1. The van der Waals surface area contributed by atoms with Gasteiger partial charge in [0, 0.05) is 23.7 Å². The summed E-state index contributed by atoms with van der Waals surface area (Å²) in [6, 6.07) is 6.30. The second-order valence-electron chi connectivity index (χ2n) is 7.46. The lowest BCUT2D eigenvalue weighted by Gasteiger charge is -2.38. The van der Waals surface area contributed by atoms with Gasteiger partial charge in [0.1, 0.15) is 11.4 Å². The van der Waals surface area contributed by atoms with Crippen LogP contribution in [0, 0.1) is 6.92 Å². The second-order valence-corrected chi connectivity index (χ2v) is 7.46. The molecular formula is C18H28N2O3. The Morgan fingerprint density at radius 3 is 2.52 bits per heavy atom. The lowest BCUT2D eigenvalue weighted by atomic mass is 9.86. The molecule has 1 aliphatic rings. The molecule has 1 atom stereocenters. The molecule has 0 bridgehead atoms. The van der Waals surface area contributed by atoms with Crippen LogP contribution in [0.1, 0.15) is 57.7 Å². The van der Waals surface area contributed by atoms with Gasteiger partial charge in [0.05, 0.1) is 0 Å². The molecule has 0 heterocycles. The molecule has 1 saturated carbocycles. The molecule has 0 saturated heterocycles. The van der Waals surface area contributed by atoms with Crippen LogP contribution in [-0.2, 0) is 4.74 Å². The summed E-state index contributed by atoms with van der Waals surface area (Å²) in [6.45, 7) is 9.56. The van der Waals surface area contributed by atoms with Gasteiger partial charge in [-0.05, 0) is 59.1 Å². The lowest BCUT2D eigenvalue weighted by molar-refractivity contribution is 0.0463. The van der Waals surface area contributed by atoms with Crippen molar-refractivity contribution in [1.82, 2.24) is 10.6 Å². The summed E-state index contributed by atoms with van der Waals surface area (Å²) in [6.07, 6.45) is 1.39. The van der Waals surface area contributed by atoms with E-state index in [1.165, 1.54) is 0 Å². The van der Waals surface area contributed by atoms with Crippen LogP contribution >= 0.6 is 0 Å². The van der Waals surface area contributed by atoms with Crippen molar-refractivity contribution in [3.05, 3.63) is 29.3 Å². The number of carbonyl (C=O) groups is 1. The van der Waals surface area contributed by atoms with Crippen molar-refractivity contribution >= 4 is 6.09 Å². The summed E-state index contributed by atoms with van der Waals surface area (Å²) in [4.78, 5) is 11.7. The van der Waals surface area contributed by atoms with E-state index in [9.17, 15) is 9.90 Å². The number of alkyl carbamates (subject to hydrolysis) is 1. The molecule has 128 valence electrons. The highest BCUT2D eigenvalue weighted by Crippen LogP contribution is 2.28. The molecule has 0 radical (unpaired) electrons. The number of hydrogen-bond donors (Lipinski definition) is 3. The molecule has 1 aromatic rings. The minimum absolute atomic E-state index is 0.0723. The number of aromatic hydroxyl groups is 1. The quantitative estimate of drug-likeness (QED) is 0.795. The highest BCUT2D eigenvalue weighted by atomic mass is 16.6. The Kier molecular flexibility index (Phi) is 5.19. The van der Waals surface area contributed by atoms with E-state index in [0.29, 0.717) is 11.8 Å². The van der Waals surface area contributed by atoms with E-state index in [1.807, 2.05) is 46.8 Å². The summed E-state index contributed by atoms with van der Waals surface area (Å²) in [7, 11) is 0. The van der Waals surface area contributed by atoms with Gasteiger partial charge in [-0.3, -0.25) is 0 Å². The van der Waals surface area contributed by atoms with Crippen molar-refractivity contribution in [2.45, 2.75) is 71.2 Å². The van der Waals surface area contributed by atoms with Crippen LogP contribution in [0.2, 0.25) is 0 Å². The van der Waals surface area contributed by atoms with E-state index in [0.717, 1.165) is 24.0 Å². The van der Waals surface area contributed by atoms with Gasteiger partial charge in [-0.1, -0.05) is 12.1 Å². The number of aryl methyl sites for hydroxylation is 1. The van der Waals surface area contributed by atoms with Gasteiger partial charge in [0.2, 0.25) is 0 Å². The molecule has 1 amide bonds. The third-order valence-corrected chi connectivity index (χ3v) is 4.00. The summed E-state index contributed by atoms with van der Waals surface area (Å²) in [5, 5.41) is 16.4. The second kappa shape index (κ2) is 6.79. The Morgan fingerprint density at radius 1 is 1.30 bits per heavy atom. The molecule has 1 unspecified atom stereocenters. The van der Waals surface area contributed by atoms with E-state index < -0.39 is 5.60 Å². The number of phenolic OH excluding ortho intramolecular Hbond substituents is 1. The van der Waals surface area contributed by atoms with Crippen molar-refractivity contribution in [2.24, 2.45) is 0 Å². The molecule has 1 aliphatic carbocycles. The van der Waals surface area contributed by atoms with Crippen LogP contribution in [0.25, 0.3) is 0 Å². The van der Waals surface area contributed by atoms with Gasteiger partial charge < -0.3 is 20.5 Å². The Hall–Kier alpha value is -1.75. The first-order valence-electron chi connectivity index (χ1n) is 8.19. The van der Waals surface area contributed by atoms with E-state index in [1.54, 1.807) is 6.07 Å². The standard InChI is InChI=1S/C18H28N2O3/c1-11-6-7-15(16(21)8-11)12(2)19-13-9-14(10-13)20-17(22)23-18(3,4)5/h6-8,12-14,19,21H,9-10H2,1-5H3,(H,20,22). The van der Waals surface area contributed by atoms with Crippen molar-refractivity contribution in [2.75, 3.05) is 0 Å². The molecule has 0 aromatic heterocycles. The highest BCUT2D eigenvalue weighted by Gasteiger charge is 2.32. The highest BCUT2D eigenvalue weighted by molar-refractivity contribution is 5.68. The number of amides is 1. The Morgan fingerprint density at radius 2 is 1.96 bits per heavy atom. The first kappa shape index (κ1) is 17.6. The van der Waals surface area contributed by atoms with Crippen LogP contribution in [0.4, 0.5) is 4.79 Å². The predicted molar refractivity (Wildman–Crippen MR) is 90.6 cm³/mol. The van der Waals surface area contributed by atoms with Gasteiger partial charge in [-0.15, -0.1) is 0 Å². The molecule has 5 nitrogen and oxygen atoms in total. The maximum Gasteiger partial charge on any atom is 0.407 e. The lowest BCUT2D eigenvalue weighted by Crippen LogP contribution is -2.53. The third kappa shape index (κ3) is 5.13. The van der Waals surface area contributed by atoms with Crippen molar-refractivity contribution < 1.29 is 14.6 Å². The molecule has 0 spiro atoms. The fraction of sp³-hybridized carbons (Fsp3) is 0.611. The minimum Gasteiger partial charge on any atom is -0.508 e. The summed E-state index contributed by atoms with van der Waals surface area (Å²) in [5.74, 6) is 0.327. The van der Waals surface area contributed by atoms with Gasteiger partial charge >= 0.3 is 6.09 Å². The SMILES string of the molecule is Cc1ccc(C(C)NC2CC(NC(=O)OC(C)(C)C)C2)c(O)c1. The molecule has 1 fully saturated rings. The monoisotopic (exact) mass is 320 g/mol. The van der Waals surface area contributed by atoms with Crippen LogP contribution in [0.15, 0.2) is 18.2 Å². The molecule has 1 aromatic carbocycles. The van der Waals surface area contributed by atoms with Crippen LogP contribution in [0.5, 0.6) is 5.75 Å². The molecular weight excluding hydrogens is 292 g/mol. The summed E-state index contributed by atoms with van der Waals surface area (Å²) < 4.78 is 5.25. The average molecular weight is 320 g/mol. The first-order valence-corrected chi connectivity index (χ1v) is 8.19. The minimum atomic E-state index is -0.469. The smallest absolute Gasteiger partial charge is 0.407 e. The van der Waals surface area contributed by atoms with E-state index in [2.05, 4.69) is 10.6 Å². The number of ether oxygens (including phenoxy) is 1. The van der Waals surface area contributed by atoms with E-state index in [4.69, 9.17) is 4.74 Å². The Labute approximate surface area is 138 Å². The average Bonchev–Trinajstić information content (AvgIpc) is 2.33. The number of nitrogens with one attached hydrogen (secondary N) is 2. The summed E-state index contributed by atoms with van der Waals surface area (Å²) in [5.41, 5.74) is 1.48. The Balaban J connectivity index is 1.76. The number of rotatable bonds is 4. The van der Waals surface area contributed by atoms with Gasteiger partial charge in [0.25, 0.3) is 0 Å². The van der Waals surface area contributed by atoms with Crippen LogP contribution < -0.4 is 10.6 Å². The first-order chi connectivity index (χ1) is 10.6. The Bertz CT molecular complexity index is 560. The number of phenols is 1. The molecule has 5 heteroatoms. The maximum absolute atomic E-state index is 11.7.